The van der Waals surface area contributed by atoms with Crippen LogP contribution in [0.5, 0.6) is 0 Å². The second-order valence-electron chi connectivity index (χ2n) is 6.43. The van der Waals surface area contributed by atoms with E-state index in [-0.39, 0.29) is 18.0 Å². The highest BCUT2D eigenvalue weighted by Crippen LogP contribution is 2.35. The highest BCUT2D eigenvalue weighted by molar-refractivity contribution is 7.10. The first kappa shape index (κ1) is 17.4. The van der Waals surface area contributed by atoms with Crippen LogP contribution in [0.1, 0.15) is 50.6 Å². The summed E-state index contributed by atoms with van der Waals surface area (Å²) in [6.07, 6.45) is 1.50. The van der Waals surface area contributed by atoms with E-state index in [0.717, 1.165) is 19.4 Å². The Morgan fingerprint density at radius 2 is 2.23 bits per heavy atom. The van der Waals surface area contributed by atoms with Crippen molar-refractivity contribution in [3.05, 3.63) is 21.9 Å². The van der Waals surface area contributed by atoms with Crippen molar-refractivity contribution in [2.75, 3.05) is 19.6 Å². The molecule has 22 heavy (non-hydrogen) atoms. The maximum atomic E-state index is 12.8. The van der Waals surface area contributed by atoms with Crippen molar-refractivity contribution < 1.29 is 9.90 Å². The lowest BCUT2D eigenvalue weighted by molar-refractivity contribution is -0.136. The summed E-state index contributed by atoms with van der Waals surface area (Å²) < 4.78 is 0. The second-order valence-corrected chi connectivity index (χ2v) is 7.43. The normalized spacial score (nSPS) is 19.6. The molecule has 2 unspecified atom stereocenters. The van der Waals surface area contributed by atoms with E-state index in [1.54, 1.807) is 18.3 Å². The number of aliphatic hydroxyl groups is 1. The van der Waals surface area contributed by atoms with Gasteiger partial charge in [-0.1, -0.05) is 6.92 Å². The highest BCUT2D eigenvalue weighted by atomic mass is 32.1. The number of nitrogens with zero attached hydrogens (tertiary/aromatic N) is 2. The number of aliphatic hydroxyl groups excluding tert-OH is 1. The second kappa shape index (κ2) is 7.57. The third-order valence-electron chi connectivity index (χ3n) is 4.37. The van der Waals surface area contributed by atoms with Gasteiger partial charge in [0.1, 0.15) is 0 Å². The first-order valence-electron chi connectivity index (χ1n) is 8.21. The van der Waals surface area contributed by atoms with Crippen molar-refractivity contribution in [1.29, 1.82) is 0 Å². The molecule has 0 aromatic carbocycles. The van der Waals surface area contributed by atoms with E-state index >= 15 is 0 Å². The summed E-state index contributed by atoms with van der Waals surface area (Å²) in [5.41, 5.74) is 1.33. The molecule has 0 fully saturated rings. The molecule has 1 aromatic rings. The van der Waals surface area contributed by atoms with Gasteiger partial charge in [0, 0.05) is 24.0 Å². The summed E-state index contributed by atoms with van der Waals surface area (Å²) in [6.45, 7) is 9.79. The zero-order valence-corrected chi connectivity index (χ0v) is 14.9. The minimum Gasteiger partial charge on any atom is -0.392 e. The Kier molecular flexibility index (Phi) is 6.01. The van der Waals surface area contributed by atoms with Gasteiger partial charge in [0.2, 0.25) is 5.91 Å². The van der Waals surface area contributed by atoms with Gasteiger partial charge in [-0.25, -0.2) is 0 Å². The molecular weight excluding hydrogens is 296 g/mol. The Labute approximate surface area is 137 Å². The molecular formula is C17H28N2O2S. The van der Waals surface area contributed by atoms with Gasteiger partial charge in [0.05, 0.1) is 18.7 Å². The molecule has 2 rings (SSSR count). The fourth-order valence-corrected chi connectivity index (χ4v) is 4.13. The van der Waals surface area contributed by atoms with Crippen molar-refractivity contribution in [2.24, 2.45) is 0 Å². The minimum atomic E-state index is -0.415. The van der Waals surface area contributed by atoms with Crippen LogP contribution in [0, 0.1) is 0 Å². The van der Waals surface area contributed by atoms with Gasteiger partial charge >= 0.3 is 0 Å². The first-order valence-corrected chi connectivity index (χ1v) is 9.09. The Hall–Kier alpha value is -0.910. The highest BCUT2D eigenvalue weighted by Gasteiger charge is 2.31. The largest absolute Gasteiger partial charge is 0.392 e. The third-order valence-corrected chi connectivity index (χ3v) is 5.37. The van der Waals surface area contributed by atoms with E-state index in [4.69, 9.17) is 0 Å². The number of thiophene rings is 1. The van der Waals surface area contributed by atoms with Crippen LogP contribution in [-0.2, 0) is 11.2 Å². The molecule has 0 saturated heterocycles. The van der Waals surface area contributed by atoms with Crippen LogP contribution in [0.15, 0.2) is 11.4 Å². The average Bonchev–Trinajstić information content (AvgIpc) is 2.93. The predicted molar refractivity (Wildman–Crippen MR) is 91.2 cm³/mol. The van der Waals surface area contributed by atoms with Gasteiger partial charge < -0.3 is 10.0 Å². The van der Waals surface area contributed by atoms with Crippen molar-refractivity contribution in [3.8, 4) is 0 Å². The lowest BCUT2D eigenvalue weighted by Gasteiger charge is -2.37. The summed E-state index contributed by atoms with van der Waals surface area (Å²) in [6, 6.07) is 2.63. The van der Waals surface area contributed by atoms with E-state index in [9.17, 15) is 9.90 Å². The minimum absolute atomic E-state index is 0.179. The number of carbonyl (C=O) groups excluding carboxylic acids is 1. The van der Waals surface area contributed by atoms with Crippen LogP contribution in [-0.4, -0.2) is 52.6 Å². The lowest BCUT2D eigenvalue weighted by Crippen LogP contribution is -2.48. The van der Waals surface area contributed by atoms with E-state index in [1.165, 1.54) is 10.4 Å². The molecule has 1 aliphatic rings. The molecule has 0 bridgehead atoms. The molecule has 2 heterocycles. The van der Waals surface area contributed by atoms with Crippen LogP contribution in [0.25, 0.3) is 0 Å². The summed E-state index contributed by atoms with van der Waals surface area (Å²) in [7, 11) is 0. The zero-order valence-electron chi connectivity index (χ0n) is 14.1. The van der Waals surface area contributed by atoms with Crippen molar-refractivity contribution in [1.82, 2.24) is 9.80 Å². The standard InChI is InChI=1S/C17H28N2O2S/c1-5-15-14-7-9-22-16(14)6-8-19(15)17(21)11-18(12(2)3)10-13(4)20/h7,9,12-13,15,20H,5-6,8,10-11H2,1-4H3. The predicted octanol–water partition coefficient (Wildman–Crippen LogP) is 2.68. The topological polar surface area (TPSA) is 43.8 Å². The van der Waals surface area contributed by atoms with Crippen molar-refractivity contribution >= 4 is 17.2 Å². The lowest BCUT2D eigenvalue weighted by atomic mass is 9.97. The Morgan fingerprint density at radius 3 is 2.82 bits per heavy atom. The smallest absolute Gasteiger partial charge is 0.237 e. The molecule has 2 atom stereocenters. The molecule has 124 valence electrons. The molecule has 1 N–H and O–H groups in total. The monoisotopic (exact) mass is 324 g/mol. The van der Waals surface area contributed by atoms with Crippen molar-refractivity contribution in [3.63, 3.8) is 0 Å². The fourth-order valence-electron chi connectivity index (χ4n) is 3.20. The fraction of sp³-hybridized carbons (Fsp3) is 0.706. The number of carbonyl (C=O) groups is 1. The Balaban J connectivity index is 2.08. The van der Waals surface area contributed by atoms with Gasteiger partial charge in [-0.05, 0) is 50.6 Å². The number of hydrogen-bond donors (Lipinski definition) is 1. The number of hydrogen-bond acceptors (Lipinski definition) is 4. The molecule has 0 saturated carbocycles. The van der Waals surface area contributed by atoms with Crippen LogP contribution in [0.4, 0.5) is 0 Å². The van der Waals surface area contributed by atoms with E-state index < -0.39 is 6.10 Å². The van der Waals surface area contributed by atoms with Gasteiger partial charge in [-0.15, -0.1) is 11.3 Å². The SMILES string of the molecule is CCC1c2ccsc2CCN1C(=O)CN(CC(C)O)C(C)C. The number of fused-ring (bicyclic) bond motifs is 1. The number of rotatable bonds is 6. The van der Waals surface area contributed by atoms with Gasteiger partial charge in [0.15, 0.2) is 0 Å². The molecule has 5 heteroatoms. The molecule has 0 radical (unpaired) electrons. The molecule has 4 nitrogen and oxygen atoms in total. The van der Waals surface area contributed by atoms with E-state index in [0.29, 0.717) is 13.1 Å². The molecule has 0 spiro atoms. The van der Waals surface area contributed by atoms with Crippen LogP contribution < -0.4 is 0 Å². The maximum absolute atomic E-state index is 12.8. The maximum Gasteiger partial charge on any atom is 0.237 e. The van der Waals surface area contributed by atoms with E-state index in [1.807, 2.05) is 4.90 Å². The Bertz CT molecular complexity index is 499. The molecule has 1 amide bonds. The quantitative estimate of drug-likeness (QED) is 0.875. The van der Waals surface area contributed by atoms with Crippen LogP contribution in [0.3, 0.4) is 0 Å². The summed E-state index contributed by atoms with van der Waals surface area (Å²) in [4.78, 5) is 18.3. The van der Waals surface area contributed by atoms with Gasteiger partial charge in [0.25, 0.3) is 0 Å². The zero-order chi connectivity index (χ0) is 16.3. The van der Waals surface area contributed by atoms with Crippen LogP contribution in [0.2, 0.25) is 0 Å². The molecule has 1 aromatic heterocycles. The summed E-state index contributed by atoms with van der Waals surface area (Å²) in [5.74, 6) is 0.179. The molecule has 1 aliphatic heterocycles. The summed E-state index contributed by atoms with van der Waals surface area (Å²) in [5, 5.41) is 11.8. The number of amides is 1. The Morgan fingerprint density at radius 1 is 1.50 bits per heavy atom. The average molecular weight is 324 g/mol. The third kappa shape index (κ3) is 3.89. The molecule has 0 aliphatic carbocycles. The van der Waals surface area contributed by atoms with Gasteiger partial charge in [-0.3, -0.25) is 9.69 Å². The van der Waals surface area contributed by atoms with Gasteiger partial charge in [-0.2, -0.15) is 0 Å². The summed E-state index contributed by atoms with van der Waals surface area (Å²) >= 11 is 1.80. The van der Waals surface area contributed by atoms with Crippen molar-refractivity contribution in [2.45, 2.75) is 58.7 Å². The first-order chi connectivity index (χ1) is 10.4. The van der Waals surface area contributed by atoms with E-state index in [2.05, 4.69) is 37.1 Å². The van der Waals surface area contributed by atoms with Crippen LogP contribution >= 0.6 is 11.3 Å².